The van der Waals surface area contributed by atoms with Crippen molar-refractivity contribution in [2.45, 2.75) is 6.42 Å². The van der Waals surface area contributed by atoms with Gasteiger partial charge in [-0.2, -0.15) is 0 Å². The summed E-state index contributed by atoms with van der Waals surface area (Å²) in [5, 5.41) is 0.773. The molecule has 6 heteroatoms. The van der Waals surface area contributed by atoms with Gasteiger partial charge in [0.2, 0.25) is 0 Å². The lowest BCUT2D eigenvalue weighted by molar-refractivity contribution is 0.0767. The molecule has 1 aliphatic heterocycles. The normalized spacial score (nSPS) is 15.1. The molecule has 0 saturated carbocycles. The lowest BCUT2D eigenvalue weighted by Crippen LogP contribution is -2.35. The monoisotopic (exact) mass is 347 g/mol. The highest BCUT2D eigenvalue weighted by atomic mass is 16.2. The summed E-state index contributed by atoms with van der Waals surface area (Å²) in [5.74, 6) is 0.473. The number of nitrogens with zero attached hydrogens (tertiary/aromatic N) is 4. The number of nitrogens with two attached hydrogens (primary N) is 1. The molecule has 0 atom stereocenters. The number of hydrogen-bond donors (Lipinski definition) is 1. The lowest BCUT2D eigenvalue weighted by atomic mass is 10.1. The maximum atomic E-state index is 13.0. The molecule has 1 saturated heterocycles. The molecule has 1 amide bonds. The topological polar surface area (TPSA) is 75.3 Å². The number of carbonyl (C=O) groups excluding carboxylic acids is 1. The predicted molar refractivity (Wildman–Crippen MR) is 103 cm³/mol. The number of rotatable bonds is 2. The van der Waals surface area contributed by atoms with E-state index in [9.17, 15) is 4.79 Å². The smallest absolute Gasteiger partial charge is 0.253 e. The highest BCUT2D eigenvalue weighted by Crippen LogP contribution is 2.20. The zero-order valence-corrected chi connectivity index (χ0v) is 14.5. The first-order chi connectivity index (χ1) is 12.7. The Kier molecular flexibility index (Phi) is 4.39. The molecular weight excluding hydrogens is 326 g/mol. The van der Waals surface area contributed by atoms with Gasteiger partial charge in [-0.25, -0.2) is 9.97 Å². The third-order valence-corrected chi connectivity index (χ3v) is 4.82. The largest absolute Gasteiger partial charge is 0.383 e. The van der Waals surface area contributed by atoms with E-state index < -0.39 is 0 Å². The Morgan fingerprint density at radius 1 is 0.962 bits per heavy atom. The summed E-state index contributed by atoms with van der Waals surface area (Å²) in [4.78, 5) is 25.4. The Morgan fingerprint density at radius 3 is 2.65 bits per heavy atom. The molecule has 0 radical (unpaired) electrons. The Bertz CT molecular complexity index is 928. The predicted octanol–water partition coefficient (Wildman–Crippen LogP) is 2.56. The second-order valence-electron chi connectivity index (χ2n) is 6.46. The number of anilines is 2. The van der Waals surface area contributed by atoms with Gasteiger partial charge in [0.1, 0.15) is 12.1 Å². The molecule has 0 aliphatic carbocycles. The van der Waals surface area contributed by atoms with Crippen molar-refractivity contribution in [3.8, 4) is 0 Å². The Labute approximate surface area is 152 Å². The number of benzene rings is 2. The van der Waals surface area contributed by atoms with Gasteiger partial charge in [0.15, 0.2) is 0 Å². The summed E-state index contributed by atoms with van der Waals surface area (Å²) in [7, 11) is 0. The fraction of sp³-hybridized carbons (Fsp3) is 0.250. The third-order valence-electron chi connectivity index (χ3n) is 4.82. The van der Waals surface area contributed by atoms with Crippen LogP contribution in [0.2, 0.25) is 0 Å². The first-order valence-corrected chi connectivity index (χ1v) is 8.82. The van der Waals surface area contributed by atoms with Crippen LogP contribution in [0, 0.1) is 0 Å². The minimum atomic E-state index is 0.0407. The molecule has 4 rings (SSSR count). The zero-order valence-electron chi connectivity index (χ0n) is 14.5. The summed E-state index contributed by atoms with van der Waals surface area (Å²) in [5.41, 5.74) is 8.41. The van der Waals surface area contributed by atoms with Gasteiger partial charge < -0.3 is 15.5 Å². The molecule has 6 nitrogen and oxygen atoms in total. The van der Waals surface area contributed by atoms with E-state index in [2.05, 4.69) is 27.0 Å². The summed E-state index contributed by atoms with van der Waals surface area (Å²) in [6.45, 7) is 3.25. The number of para-hydroxylation sites is 1. The first-order valence-electron chi connectivity index (χ1n) is 8.82. The van der Waals surface area contributed by atoms with Crippen LogP contribution in [0.15, 0.2) is 54.9 Å². The van der Waals surface area contributed by atoms with Crippen LogP contribution < -0.4 is 10.6 Å². The second-order valence-corrected chi connectivity index (χ2v) is 6.46. The van der Waals surface area contributed by atoms with Gasteiger partial charge >= 0.3 is 0 Å². The van der Waals surface area contributed by atoms with Crippen LogP contribution in [0.3, 0.4) is 0 Å². The maximum absolute atomic E-state index is 13.0. The molecule has 2 aromatic carbocycles. The number of carbonyl (C=O) groups is 1. The van der Waals surface area contributed by atoms with Gasteiger partial charge in [0, 0.05) is 42.8 Å². The molecule has 0 bridgehead atoms. The van der Waals surface area contributed by atoms with Crippen molar-refractivity contribution >= 4 is 28.3 Å². The molecule has 26 heavy (non-hydrogen) atoms. The van der Waals surface area contributed by atoms with Crippen LogP contribution in [0.4, 0.5) is 11.5 Å². The van der Waals surface area contributed by atoms with Crippen molar-refractivity contribution in [2.75, 3.05) is 36.8 Å². The van der Waals surface area contributed by atoms with Crippen molar-refractivity contribution < 1.29 is 4.79 Å². The van der Waals surface area contributed by atoms with Crippen LogP contribution in [-0.2, 0) is 0 Å². The SMILES string of the molecule is Nc1ncnc2cc(C(=O)N3CCCN(c4ccccc4)CC3)ccc12. The van der Waals surface area contributed by atoms with E-state index in [4.69, 9.17) is 5.73 Å². The Hall–Kier alpha value is -3.15. The molecular formula is C20H21N5O. The van der Waals surface area contributed by atoms with Gasteiger partial charge in [-0.15, -0.1) is 0 Å². The summed E-state index contributed by atoms with van der Waals surface area (Å²) in [6, 6.07) is 15.8. The third kappa shape index (κ3) is 3.18. The number of aromatic nitrogens is 2. The van der Waals surface area contributed by atoms with Crippen molar-refractivity contribution in [1.29, 1.82) is 0 Å². The summed E-state index contributed by atoms with van der Waals surface area (Å²) >= 11 is 0. The molecule has 3 aromatic rings. The fourth-order valence-corrected chi connectivity index (χ4v) is 3.41. The van der Waals surface area contributed by atoms with Crippen molar-refractivity contribution in [1.82, 2.24) is 14.9 Å². The minimum Gasteiger partial charge on any atom is -0.383 e. The quantitative estimate of drug-likeness (QED) is 0.771. The molecule has 0 spiro atoms. The van der Waals surface area contributed by atoms with E-state index in [0.29, 0.717) is 23.4 Å². The number of fused-ring (bicyclic) bond motifs is 1. The Morgan fingerprint density at radius 2 is 1.81 bits per heavy atom. The fourth-order valence-electron chi connectivity index (χ4n) is 3.41. The van der Waals surface area contributed by atoms with E-state index in [-0.39, 0.29) is 5.91 Å². The second kappa shape index (κ2) is 7.00. The zero-order chi connectivity index (χ0) is 17.9. The van der Waals surface area contributed by atoms with Crippen molar-refractivity contribution in [3.63, 3.8) is 0 Å². The molecule has 1 fully saturated rings. The number of hydrogen-bond acceptors (Lipinski definition) is 5. The summed E-state index contributed by atoms with van der Waals surface area (Å²) in [6.07, 6.45) is 2.37. The van der Waals surface area contributed by atoms with E-state index in [0.717, 1.165) is 31.4 Å². The van der Waals surface area contributed by atoms with Crippen LogP contribution >= 0.6 is 0 Å². The number of amides is 1. The average molecular weight is 347 g/mol. The molecule has 2 heterocycles. The average Bonchev–Trinajstić information content (AvgIpc) is 2.94. The van der Waals surface area contributed by atoms with Crippen molar-refractivity contribution in [3.05, 3.63) is 60.4 Å². The van der Waals surface area contributed by atoms with Crippen LogP contribution in [0.1, 0.15) is 16.8 Å². The maximum Gasteiger partial charge on any atom is 0.253 e. The van der Waals surface area contributed by atoms with Crippen LogP contribution in [0.5, 0.6) is 0 Å². The van der Waals surface area contributed by atoms with Gasteiger partial charge in [0.05, 0.1) is 5.52 Å². The van der Waals surface area contributed by atoms with Crippen molar-refractivity contribution in [2.24, 2.45) is 0 Å². The van der Waals surface area contributed by atoms with Gasteiger partial charge in [0.25, 0.3) is 5.91 Å². The van der Waals surface area contributed by atoms with Gasteiger partial charge in [-0.1, -0.05) is 18.2 Å². The Balaban J connectivity index is 1.51. The highest BCUT2D eigenvalue weighted by molar-refractivity contribution is 5.99. The van der Waals surface area contributed by atoms with Crippen LogP contribution in [-0.4, -0.2) is 47.0 Å². The molecule has 2 N–H and O–H groups in total. The van der Waals surface area contributed by atoms with E-state index in [1.807, 2.05) is 35.2 Å². The molecule has 0 unspecified atom stereocenters. The van der Waals surface area contributed by atoms with E-state index >= 15 is 0 Å². The van der Waals surface area contributed by atoms with Gasteiger partial charge in [-0.3, -0.25) is 4.79 Å². The molecule has 1 aliphatic rings. The molecule has 1 aromatic heterocycles. The standard InChI is InChI=1S/C20H21N5O/c21-19-17-8-7-15(13-18(17)22-14-23-19)20(26)25-10-4-9-24(11-12-25)16-5-2-1-3-6-16/h1-3,5-8,13-14H,4,9-12H2,(H2,21,22,23). The van der Waals surface area contributed by atoms with Gasteiger partial charge in [-0.05, 0) is 36.8 Å². The molecule has 132 valence electrons. The van der Waals surface area contributed by atoms with E-state index in [1.165, 1.54) is 12.0 Å². The van der Waals surface area contributed by atoms with E-state index in [1.54, 1.807) is 6.07 Å². The first kappa shape index (κ1) is 16.3. The lowest BCUT2D eigenvalue weighted by Gasteiger charge is -2.23. The minimum absolute atomic E-state index is 0.0407. The highest BCUT2D eigenvalue weighted by Gasteiger charge is 2.21. The number of nitrogen functional groups attached to an aromatic ring is 1. The van der Waals surface area contributed by atoms with Crippen LogP contribution in [0.25, 0.3) is 10.9 Å². The summed E-state index contributed by atoms with van der Waals surface area (Å²) < 4.78 is 0.